The van der Waals surface area contributed by atoms with Gasteiger partial charge in [0.25, 0.3) is 5.69 Å². The second-order valence-corrected chi connectivity index (χ2v) is 9.95. The maximum Gasteiger partial charge on any atom is 0.271 e. The highest BCUT2D eigenvalue weighted by Crippen LogP contribution is 2.23. The number of amides is 2. The van der Waals surface area contributed by atoms with Crippen molar-refractivity contribution in [1.82, 2.24) is 10.2 Å². The van der Waals surface area contributed by atoms with Gasteiger partial charge in [-0.15, -0.1) is 0 Å². The molecule has 2 aromatic rings. The molecule has 0 aliphatic rings. The van der Waals surface area contributed by atoms with Crippen LogP contribution in [0.1, 0.15) is 32.8 Å². The molecule has 0 heterocycles. The number of hydrogen-bond acceptors (Lipinski definition) is 6. The second-order valence-electron chi connectivity index (χ2n) is 8.05. The number of carbonyl (C=O) groups excluding carboxylic acids is 2. The minimum Gasteiger partial charge on any atom is -0.352 e. The molecule has 34 heavy (non-hydrogen) atoms. The lowest BCUT2D eigenvalue weighted by atomic mass is 10.1. The summed E-state index contributed by atoms with van der Waals surface area (Å²) >= 11 is 0. The summed E-state index contributed by atoms with van der Waals surface area (Å²) in [6.07, 6.45) is 1.62. The molecule has 0 aliphatic carbocycles. The number of hydrogen-bond donors (Lipinski definition) is 1. The summed E-state index contributed by atoms with van der Waals surface area (Å²) in [6.45, 7) is 4.82. The summed E-state index contributed by atoms with van der Waals surface area (Å²) in [5.41, 5.74) is 0.447. The maximum absolute atomic E-state index is 13.4. The summed E-state index contributed by atoms with van der Waals surface area (Å²) in [4.78, 5) is 38.0. The van der Waals surface area contributed by atoms with Crippen molar-refractivity contribution in [3.8, 4) is 0 Å². The van der Waals surface area contributed by atoms with Gasteiger partial charge >= 0.3 is 0 Å². The van der Waals surface area contributed by atoms with Gasteiger partial charge < -0.3 is 10.2 Å². The van der Waals surface area contributed by atoms with E-state index in [2.05, 4.69) is 5.32 Å². The molecule has 184 valence electrons. The summed E-state index contributed by atoms with van der Waals surface area (Å²) in [7, 11) is -3.97. The third-order valence-electron chi connectivity index (χ3n) is 5.37. The molecule has 10 nitrogen and oxygen atoms in total. The van der Waals surface area contributed by atoms with Crippen LogP contribution < -0.4 is 9.62 Å². The van der Waals surface area contributed by atoms with Gasteiger partial charge in [0.05, 0.1) is 16.9 Å². The van der Waals surface area contributed by atoms with Crippen LogP contribution in [0.5, 0.6) is 0 Å². The molecule has 0 aliphatic heterocycles. The van der Waals surface area contributed by atoms with E-state index >= 15 is 0 Å². The van der Waals surface area contributed by atoms with Crippen LogP contribution in [-0.4, -0.2) is 54.9 Å². The molecule has 0 fully saturated rings. The zero-order valence-electron chi connectivity index (χ0n) is 19.7. The Kier molecular flexibility index (Phi) is 9.13. The van der Waals surface area contributed by atoms with Crippen molar-refractivity contribution in [1.29, 1.82) is 0 Å². The van der Waals surface area contributed by atoms with Crippen molar-refractivity contribution in [3.05, 3.63) is 70.3 Å². The van der Waals surface area contributed by atoms with E-state index < -0.39 is 33.4 Å². The first kappa shape index (κ1) is 26.8. The highest BCUT2D eigenvalue weighted by atomic mass is 32.2. The molecule has 2 unspecified atom stereocenters. The van der Waals surface area contributed by atoms with E-state index in [0.29, 0.717) is 6.42 Å². The number of nitrogens with one attached hydrogen (secondary N) is 1. The van der Waals surface area contributed by atoms with Crippen LogP contribution in [-0.2, 0) is 26.2 Å². The minimum atomic E-state index is -3.97. The van der Waals surface area contributed by atoms with E-state index in [0.717, 1.165) is 22.2 Å². The molecular weight excluding hydrogens is 460 g/mol. The van der Waals surface area contributed by atoms with Crippen molar-refractivity contribution in [3.63, 3.8) is 0 Å². The van der Waals surface area contributed by atoms with E-state index in [-0.39, 0.29) is 29.9 Å². The van der Waals surface area contributed by atoms with E-state index in [9.17, 15) is 28.1 Å². The van der Waals surface area contributed by atoms with Crippen molar-refractivity contribution in [2.45, 2.75) is 45.8 Å². The van der Waals surface area contributed by atoms with Gasteiger partial charge in [0.2, 0.25) is 21.8 Å². The standard InChI is InChI=1S/C23H30N4O6S/c1-5-17(2)24-23(29)18(3)25(15-19-10-7-6-8-11-19)22(28)16-26(34(4,32)33)20-12-9-13-21(14-20)27(30)31/h6-14,17-18H,5,15-16H2,1-4H3,(H,24,29). The number of anilines is 1. The van der Waals surface area contributed by atoms with Crippen molar-refractivity contribution in [2.75, 3.05) is 17.1 Å². The average molecular weight is 491 g/mol. The van der Waals surface area contributed by atoms with Gasteiger partial charge in [-0.05, 0) is 31.9 Å². The van der Waals surface area contributed by atoms with Gasteiger partial charge in [0.1, 0.15) is 12.6 Å². The molecule has 0 radical (unpaired) electrons. The third kappa shape index (κ3) is 7.27. The van der Waals surface area contributed by atoms with Crippen LogP contribution in [0.25, 0.3) is 0 Å². The summed E-state index contributed by atoms with van der Waals surface area (Å²) < 4.78 is 25.9. The Balaban J connectivity index is 2.40. The predicted octanol–water partition coefficient (Wildman–Crippen LogP) is 2.69. The fraction of sp³-hybridized carbons (Fsp3) is 0.391. The number of carbonyl (C=O) groups is 2. The summed E-state index contributed by atoms with van der Waals surface area (Å²) in [6, 6.07) is 13.1. The Morgan fingerprint density at radius 2 is 1.74 bits per heavy atom. The van der Waals surface area contributed by atoms with Gasteiger partial charge in [-0.2, -0.15) is 0 Å². The number of benzene rings is 2. The Morgan fingerprint density at radius 1 is 1.09 bits per heavy atom. The number of nitro benzene ring substituents is 1. The fourth-order valence-electron chi connectivity index (χ4n) is 3.20. The first-order chi connectivity index (χ1) is 15.9. The summed E-state index contributed by atoms with van der Waals surface area (Å²) in [5, 5.41) is 14.0. The van der Waals surface area contributed by atoms with E-state index in [4.69, 9.17) is 0 Å². The normalized spacial score (nSPS) is 12.9. The molecule has 2 rings (SSSR count). The van der Waals surface area contributed by atoms with Crippen LogP contribution >= 0.6 is 0 Å². The SMILES string of the molecule is CCC(C)NC(=O)C(C)N(Cc1ccccc1)C(=O)CN(c1cccc([N+](=O)[O-])c1)S(C)(=O)=O. The zero-order chi connectivity index (χ0) is 25.5. The molecule has 2 aromatic carbocycles. The number of nitro groups is 1. The Bertz CT molecular complexity index is 1120. The topological polar surface area (TPSA) is 130 Å². The van der Waals surface area contributed by atoms with Crippen molar-refractivity contribution >= 4 is 33.2 Å². The molecular formula is C23H30N4O6S. The van der Waals surface area contributed by atoms with E-state index in [1.165, 1.54) is 23.1 Å². The van der Waals surface area contributed by atoms with E-state index in [1.807, 2.05) is 19.9 Å². The van der Waals surface area contributed by atoms with Gasteiger partial charge in [0, 0.05) is 24.7 Å². The fourth-order valence-corrected chi connectivity index (χ4v) is 4.05. The van der Waals surface area contributed by atoms with Gasteiger partial charge in [-0.3, -0.25) is 24.0 Å². The molecule has 0 bridgehead atoms. The first-order valence-electron chi connectivity index (χ1n) is 10.8. The first-order valence-corrected chi connectivity index (χ1v) is 12.6. The minimum absolute atomic E-state index is 0.0126. The Hall–Kier alpha value is -3.47. The van der Waals surface area contributed by atoms with Crippen molar-refractivity contribution < 1.29 is 22.9 Å². The molecule has 2 amide bonds. The van der Waals surface area contributed by atoms with Crippen LogP contribution in [0, 0.1) is 10.1 Å². The van der Waals surface area contributed by atoms with Gasteiger partial charge in [-0.1, -0.05) is 43.3 Å². The highest BCUT2D eigenvalue weighted by Gasteiger charge is 2.30. The molecule has 2 atom stereocenters. The lowest BCUT2D eigenvalue weighted by molar-refractivity contribution is -0.384. The molecule has 0 aromatic heterocycles. The smallest absolute Gasteiger partial charge is 0.271 e. The monoisotopic (exact) mass is 490 g/mol. The molecule has 0 saturated carbocycles. The van der Waals surface area contributed by atoms with Gasteiger partial charge in [-0.25, -0.2) is 8.42 Å². The second kappa shape index (κ2) is 11.6. The molecule has 0 spiro atoms. The van der Waals surface area contributed by atoms with Crippen LogP contribution in [0.2, 0.25) is 0 Å². The number of non-ortho nitro benzene ring substituents is 1. The maximum atomic E-state index is 13.4. The third-order valence-corrected chi connectivity index (χ3v) is 6.51. The lowest BCUT2D eigenvalue weighted by Crippen LogP contribution is -2.52. The van der Waals surface area contributed by atoms with Crippen LogP contribution in [0.15, 0.2) is 54.6 Å². The Labute approximate surface area is 199 Å². The number of nitrogens with zero attached hydrogens (tertiary/aromatic N) is 3. The largest absolute Gasteiger partial charge is 0.352 e. The quantitative estimate of drug-likeness (QED) is 0.381. The highest BCUT2D eigenvalue weighted by molar-refractivity contribution is 7.92. The summed E-state index contributed by atoms with van der Waals surface area (Å²) in [5.74, 6) is -0.979. The predicted molar refractivity (Wildman–Crippen MR) is 130 cm³/mol. The molecule has 11 heteroatoms. The number of rotatable bonds is 11. The van der Waals surface area contributed by atoms with Gasteiger partial charge in [0.15, 0.2) is 0 Å². The van der Waals surface area contributed by atoms with Crippen LogP contribution in [0.4, 0.5) is 11.4 Å². The molecule has 0 saturated heterocycles. The van der Waals surface area contributed by atoms with Crippen LogP contribution in [0.3, 0.4) is 0 Å². The zero-order valence-corrected chi connectivity index (χ0v) is 20.5. The van der Waals surface area contributed by atoms with E-state index in [1.54, 1.807) is 31.2 Å². The molecule has 1 N–H and O–H groups in total. The van der Waals surface area contributed by atoms with Crippen molar-refractivity contribution in [2.24, 2.45) is 0 Å². The lowest BCUT2D eigenvalue weighted by Gasteiger charge is -2.32. The average Bonchev–Trinajstić information content (AvgIpc) is 2.80. The number of sulfonamides is 1. The Morgan fingerprint density at radius 3 is 2.29 bits per heavy atom.